The van der Waals surface area contributed by atoms with E-state index >= 15 is 0 Å². The summed E-state index contributed by atoms with van der Waals surface area (Å²) in [6.07, 6.45) is -4.27. The van der Waals surface area contributed by atoms with E-state index in [0.29, 0.717) is 0 Å². The standard InChI is InChI=1S/C21H23F3N2O6S/c1-20(28,19(27)25-29)17-4-2-3-5-18(17)33(30,31)26-12-10-16(11-13-26)32-15-8-6-14(7-9-15)21(22,23)24/h2-9,16,28-29H,10-13H2,1H3,(H,25,27). The van der Waals surface area contributed by atoms with Gasteiger partial charge in [-0.2, -0.15) is 17.5 Å². The smallest absolute Gasteiger partial charge is 0.416 e. The number of carbonyl (C=O) groups excluding carboxylic acids is 1. The van der Waals surface area contributed by atoms with E-state index in [1.807, 2.05) is 0 Å². The summed E-state index contributed by atoms with van der Waals surface area (Å²) in [5.41, 5.74) is -1.96. The maximum Gasteiger partial charge on any atom is 0.416 e. The Labute approximate surface area is 188 Å². The lowest BCUT2D eigenvalue weighted by Gasteiger charge is -2.33. The van der Waals surface area contributed by atoms with E-state index in [1.165, 1.54) is 46.2 Å². The van der Waals surface area contributed by atoms with Crippen LogP contribution in [0.1, 0.15) is 30.9 Å². The SMILES string of the molecule is CC(O)(C(=O)NO)c1ccccc1S(=O)(=O)N1CCC(Oc2ccc(C(F)(F)F)cc2)CC1. The number of sulfonamides is 1. The van der Waals surface area contributed by atoms with Crippen molar-refractivity contribution in [2.45, 2.75) is 42.5 Å². The average molecular weight is 488 g/mol. The normalized spacial score (nSPS) is 17.9. The van der Waals surface area contributed by atoms with Crippen LogP contribution in [0.5, 0.6) is 5.75 Å². The maximum atomic E-state index is 13.2. The third-order valence-corrected chi connectivity index (χ3v) is 7.42. The quantitative estimate of drug-likeness (QED) is 0.425. The predicted octanol–water partition coefficient (Wildman–Crippen LogP) is 2.65. The molecule has 0 bridgehead atoms. The number of hydrogen-bond acceptors (Lipinski definition) is 6. The largest absolute Gasteiger partial charge is 0.490 e. The summed E-state index contributed by atoms with van der Waals surface area (Å²) in [6, 6.07) is 9.71. The first-order valence-electron chi connectivity index (χ1n) is 9.98. The second-order valence-electron chi connectivity index (χ2n) is 7.75. The van der Waals surface area contributed by atoms with Crippen LogP contribution >= 0.6 is 0 Å². The second kappa shape index (κ2) is 9.29. The van der Waals surface area contributed by atoms with E-state index in [2.05, 4.69) is 0 Å². The number of nitrogens with zero attached hydrogens (tertiary/aromatic N) is 1. The highest BCUT2D eigenvalue weighted by atomic mass is 32.2. The minimum absolute atomic E-state index is 0.0658. The first-order valence-corrected chi connectivity index (χ1v) is 11.4. The molecule has 0 aliphatic carbocycles. The van der Waals surface area contributed by atoms with E-state index in [9.17, 15) is 31.5 Å². The number of aliphatic hydroxyl groups is 1. The molecule has 3 rings (SSSR count). The van der Waals surface area contributed by atoms with Crippen LogP contribution in [0.2, 0.25) is 0 Å². The van der Waals surface area contributed by atoms with Crippen LogP contribution in [0.15, 0.2) is 53.4 Å². The molecule has 1 atom stereocenters. The van der Waals surface area contributed by atoms with Crippen LogP contribution in [0.25, 0.3) is 0 Å². The minimum Gasteiger partial charge on any atom is -0.490 e. The van der Waals surface area contributed by atoms with Crippen LogP contribution in [0, 0.1) is 0 Å². The van der Waals surface area contributed by atoms with Crippen molar-refractivity contribution >= 4 is 15.9 Å². The molecule has 2 aromatic carbocycles. The number of amides is 1. The summed E-state index contributed by atoms with van der Waals surface area (Å²) >= 11 is 0. The van der Waals surface area contributed by atoms with Crippen molar-refractivity contribution in [3.05, 3.63) is 59.7 Å². The molecule has 1 fully saturated rings. The highest BCUT2D eigenvalue weighted by Crippen LogP contribution is 2.33. The van der Waals surface area contributed by atoms with Gasteiger partial charge >= 0.3 is 6.18 Å². The summed E-state index contributed by atoms with van der Waals surface area (Å²) in [5.74, 6) is -0.936. The number of piperidine rings is 1. The molecule has 0 saturated carbocycles. The monoisotopic (exact) mass is 488 g/mol. The van der Waals surface area contributed by atoms with Gasteiger partial charge in [0, 0.05) is 18.7 Å². The molecular formula is C21H23F3N2O6S. The number of hydrogen-bond donors (Lipinski definition) is 3. The fraction of sp³-hybridized carbons (Fsp3) is 0.381. The van der Waals surface area contributed by atoms with Gasteiger partial charge in [-0.25, -0.2) is 13.9 Å². The Kier molecular flexibility index (Phi) is 7.03. The average Bonchev–Trinajstić information content (AvgIpc) is 2.78. The zero-order valence-corrected chi connectivity index (χ0v) is 18.4. The number of halogens is 3. The molecule has 3 N–H and O–H groups in total. The third-order valence-electron chi connectivity index (χ3n) is 5.46. The number of ether oxygens (including phenoxy) is 1. The fourth-order valence-electron chi connectivity index (χ4n) is 3.57. The van der Waals surface area contributed by atoms with Crippen molar-refractivity contribution in [2.75, 3.05) is 13.1 Å². The number of alkyl halides is 3. The highest BCUT2D eigenvalue weighted by Gasteiger charge is 2.40. The third kappa shape index (κ3) is 5.29. The molecule has 12 heteroatoms. The Bertz CT molecular complexity index is 1100. The van der Waals surface area contributed by atoms with E-state index in [0.717, 1.165) is 19.1 Å². The van der Waals surface area contributed by atoms with Crippen molar-refractivity contribution in [3.63, 3.8) is 0 Å². The van der Waals surface area contributed by atoms with E-state index in [-0.39, 0.29) is 42.1 Å². The molecule has 1 aliphatic heterocycles. The molecule has 2 aromatic rings. The van der Waals surface area contributed by atoms with Gasteiger partial charge in [-0.1, -0.05) is 18.2 Å². The summed E-state index contributed by atoms with van der Waals surface area (Å²) in [4.78, 5) is 11.6. The number of hydroxylamine groups is 1. The molecule has 0 aromatic heterocycles. The summed E-state index contributed by atoms with van der Waals surface area (Å²) in [6.45, 7) is 1.20. The van der Waals surface area contributed by atoms with Gasteiger partial charge in [-0.3, -0.25) is 10.0 Å². The number of rotatable bonds is 6. The van der Waals surface area contributed by atoms with Gasteiger partial charge in [0.05, 0.1) is 10.5 Å². The van der Waals surface area contributed by atoms with Gasteiger partial charge in [-0.15, -0.1) is 0 Å². The zero-order valence-electron chi connectivity index (χ0n) is 17.5. The van der Waals surface area contributed by atoms with E-state index in [4.69, 9.17) is 9.94 Å². The van der Waals surface area contributed by atoms with Gasteiger partial charge in [0.25, 0.3) is 5.91 Å². The molecule has 180 valence electrons. The number of benzene rings is 2. The summed E-state index contributed by atoms with van der Waals surface area (Å²) in [7, 11) is -4.10. The second-order valence-corrected chi connectivity index (χ2v) is 9.66. The van der Waals surface area contributed by atoms with Crippen LogP contribution < -0.4 is 10.2 Å². The Morgan fingerprint density at radius 2 is 1.67 bits per heavy atom. The Morgan fingerprint density at radius 1 is 1.09 bits per heavy atom. The number of nitrogens with one attached hydrogen (secondary N) is 1. The van der Waals surface area contributed by atoms with Crippen molar-refractivity contribution in [1.29, 1.82) is 0 Å². The van der Waals surface area contributed by atoms with Crippen molar-refractivity contribution in [3.8, 4) is 5.75 Å². The van der Waals surface area contributed by atoms with Crippen LogP contribution in [0.4, 0.5) is 13.2 Å². The molecule has 1 heterocycles. The van der Waals surface area contributed by atoms with Gasteiger partial charge in [-0.05, 0) is 50.1 Å². The van der Waals surface area contributed by atoms with E-state index < -0.39 is 39.4 Å². The molecule has 33 heavy (non-hydrogen) atoms. The fourth-order valence-corrected chi connectivity index (χ4v) is 5.33. The number of carbonyl (C=O) groups is 1. The predicted molar refractivity (Wildman–Crippen MR) is 110 cm³/mol. The van der Waals surface area contributed by atoms with Crippen molar-refractivity contribution in [2.24, 2.45) is 0 Å². The van der Waals surface area contributed by atoms with Gasteiger partial charge in [0.1, 0.15) is 11.9 Å². The zero-order chi connectivity index (χ0) is 24.4. The highest BCUT2D eigenvalue weighted by molar-refractivity contribution is 7.89. The van der Waals surface area contributed by atoms with Crippen molar-refractivity contribution < 1.29 is 41.4 Å². The first-order chi connectivity index (χ1) is 15.4. The van der Waals surface area contributed by atoms with Gasteiger partial charge < -0.3 is 9.84 Å². The van der Waals surface area contributed by atoms with Crippen LogP contribution in [-0.4, -0.2) is 48.1 Å². The Balaban J connectivity index is 1.72. The summed E-state index contributed by atoms with van der Waals surface area (Å²) in [5, 5.41) is 19.4. The van der Waals surface area contributed by atoms with E-state index in [1.54, 1.807) is 0 Å². The molecule has 1 aliphatic rings. The minimum atomic E-state index is -4.45. The van der Waals surface area contributed by atoms with Gasteiger partial charge in [0.2, 0.25) is 10.0 Å². The van der Waals surface area contributed by atoms with Crippen LogP contribution in [-0.2, 0) is 26.6 Å². The molecule has 1 saturated heterocycles. The molecule has 1 amide bonds. The lowest BCUT2D eigenvalue weighted by atomic mass is 9.95. The Morgan fingerprint density at radius 3 is 2.21 bits per heavy atom. The molecule has 8 nitrogen and oxygen atoms in total. The topological polar surface area (TPSA) is 116 Å². The first kappa shape index (κ1) is 25.0. The van der Waals surface area contributed by atoms with Crippen molar-refractivity contribution in [1.82, 2.24) is 9.79 Å². The Hall–Kier alpha value is -2.67. The molecule has 0 radical (unpaired) electrons. The molecule has 0 spiro atoms. The van der Waals surface area contributed by atoms with Crippen LogP contribution in [0.3, 0.4) is 0 Å². The lowest BCUT2D eigenvalue weighted by molar-refractivity contribution is -0.148. The molecule has 1 unspecified atom stereocenters. The van der Waals surface area contributed by atoms with Gasteiger partial charge in [0.15, 0.2) is 5.60 Å². The maximum absolute atomic E-state index is 13.2. The lowest BCUT2D eigenvalue weighted by Crippen LogP contribution is -2.44. The summed E-state index contributed by atoms with van der Waals surface area (Å²) < 4.78 is 71.4. The molecular weight excluding hydrogens is 465 g/mol.